The van der Waals surface area contributed by atoms with Gasteiger partial charge in [-0.1, -0.05) is 23.4 Å². The van der Waals surface area contributed by atoms with Gasteiger partial charge in [0.1, 0.15) is 11.4 Å². The fourth-order valence-electron chi connectivity index (χ4n) is 1.79. The molecule has 0 aliphatic carbocycles. The summed E-state index contributed by atoms with van der Waals surface area (Å²) in [6, 6.07) is 9.73. The quantitative estimate of drug-likeness (QED) is 0.782. The highest BCUT2D eigenvalue weighted by atomic mass is 16.5. The van der Waals surface area contributed by atoms with Crippen molar-refractivity contribution in [1.29, 1.82) is 0 Å². The lowest BCUT2D eigenvalue weighted by Gasteiger charge is -2.06. The van der Waals surface area contributed by atoms with Gasteiger partial charge < -0.3 is 9.84 Å². The summed E-state index contributed by atoms with van der Waals surface area (Å²) in [7, 11) is 1.83. The highest BCUT2D eigenvalue weighted by Gasteiger charge is 2.08. The van der Waals surface area contributed by atoms with E-state index in [2.05, 4.69) is 10.3 Å². The number of aliphatic hydroxyl groups excluding tert-OH is 1. The van der Waals surface area contributed by atoms with Crippen LogP contribution in [0, 0.1) is 0 Å². The van der Waals surface area contributed by atoms with Crippen molar-refractivity contribution in [3.8, 4) is 5.75 Å². The Hall–Kier alpha value is -1.88. The predicted molar refractivity (Wildman–Crippen MR) is 67.2 cm³/mol. The van der Waals surface area contributed by atoms with Crippen molar-refractivity contribution >= 4 is 0 Å². The molecule has 0 bridgehead atoms. The third-order valence-electron chi connectivity index (χ3n) is 2.74. The maximum absolute atomic E-state index is 9.12. The highest BCUT2D eigenvalue weighted by Crippen LogP contribution is 2.10. The summed E-state index contributed by atoms with van der Waals surface area (Å²) >= 11 is 0. The lowest BCUT2D eigenvalue weighted by atomic mass is 10.2. The number of aliphatic hydroxyl groups is 1. The normalized spacial score (nSPS) is 10.6. The van der Waals surface area contributed by atoms with Crippen LogP contribution in [0.4, 0.5) is 0 Å². The summed E-state index contributed by atoms with van der Waals surface area (Å²) in [4.78, 5) is 0. The molecule has 0 unspecified atom stereocenters. The Labute approximate surface area is 106 Å². The van der Waals surface area contributed by atoms with Crippen LogP contribution in [0.25, 0.3) is 0 Å². The van der Waals surface area contributed by atoms with Gasteiger partial charge in [-0.15, -0.1) is 5.10 Å². The van der Waals surface area contributed by atoms with E-state index in [1.165, 1.54) is 0 Å². The van der Waals surface area contributed by atoms with Crippen LogP contribution in [0.1, 0.15) is 17.8 Å². The van der Waals surface area contributed by atoms with Crippen molar-refractivity contribution < 1.29 is 9.84 Å². The molecule has 1 aromatic carbocycles. The molecule has 18 heavy (non-hydrogen) atoms. The zero-order valence-electron chi connectivity index (χ0n) is 10.4. The second-order valence-electron chi connectivity index (χ2n) is 4.03. The second kappa shape index (κ2) is 6.16. The lowest BCUT2D eigenvalue weighted by molar-refractivity contribution is 0.274. The molecular weight excluding hydrogens is 230 g/mol. The van der Waals surface area contributed by atoms with Crippen LogP contribution in [-0.2, 0) is 20.1 Å². The topological polar surface area (TPSA) is 60.2 Å². The molecule has 2 aromatic rings. The van der Waals surface area contributed by atoms with Crippen molar-refractivity contribution in [2.24, 2.45) is 7.05 Å². The van der Waals surface area contributed by atoms with Crippen molar-refractivity contribution in [1.82, 2.24) is 15.0 Å². The van der Waals surface area contributed by atoms with Gasteiger partial charge in [0.25, 0.3) is 0 Å². The number of aryl methyl sites for hydroxylation is 1. The molecule has 0 aliphatic rings. The third-order valence-corrected chi connectivity index (χ3v) is 2.74. The summed E-state index contributed by atoms with van der Waals surface area (Å²) in [5.74, 6) is 0.878. The maximum Gasteiger partial charge on any atom is 0.119 e. The van der Waals surface area contributed by atoms with Gasteiger partial charge in [-0.25, -0.2) is 0 Å². The Morgan fingerprint density at radius 2 is 2.06 bits per heavy atom. The first kappa shape index (κ1) is 12.6. The summed E-state index contributed by atoms with van der Waals surface area (Å²) in [6.07, 6.45) is 1.66. The molecular formula is C13H17N3O2. The Bertz CT molecular complexity index is 482. The highest BCUT2D eigenvalue weighted by molar-refractivity contribution is 5.20. The molecule has 0 saturated carbocycles. The molecule has 5 nitrogen and oxygen atoms in total. The van der Waals surface area contributed by atoms with E-state index in [0.29, 0.717) is 12.3 Å². The van der Waals surface area contributed by atoms with E-state index in [9.17, 15) is 0 Å². The number of nitrogens with zero attached hydrogens (tertiary/aromatic N) is 3. The average molecular weight is 247 g/mol. The van der Waals surface area contributed by atoms with Crippen molar-refractivity contribution in [3.05, 3.63) is 41.7 Å². The van der Waals surface area contributed by atoms with Crippen LogP contribution in [0.5, 0.6) is 5.75 Å². The fraction of sp³-hybridized carbons (Fsp3) is 0.385. The Balaban J connectivity index is 1.80. The molecule has 0 fully saturated rings. The van der Waals surface area contributed by atoms with E-state index in [1.807, 2.05) is 37.4 Å². The number of aromatic nitrogens is 3. The van der Waals surface area contributed by atoms with E-state index in [-0.39, 0.29) is 6.61 Å². The van der Waals surface area contributed by atoms with Crippen LogP contribution >= 0.6 is 0 Å². The van der Waals surface area contributed by atoms with Gasteiger partial charge in [0.15, 0.2) is 0 Å². The molecule has 5 heteroatoms. The Kier molecular flexibility index (Phi) is 4.30. The summed E-state index contributed by atoms with van der Waals surface area (Å²) < 4.78 is 7.31. The number of ether oxygens (including phenoxy) is 1. The Morgan fingerprint density at radius 3 is 2.78 bits per heavy atom. The van der Waals surface area contributed by atoms with Crippen LogP contribution < -0.4 is 4.74 Å². The van der Waals surface area contributed by atoms with Gasteiger partial charge in [0.2, 0.25) is 0 Å². The standard InChI is InChI=1S/C13H17N3O2/c1-16-13(12(10-17)14-15-16)8-5-9-18-11-6-3-2-4-7-11/h2-4,6-7,17H,5,8-10H2,1H3. The number of benzene rings is 1. The minimum absolute atomic E-state index is 0.0668. The molecule has 1 heterocycles. The molecule has 0 amide bonds. The van der Waals surface area contributed by atoms with Crippen LogP contribution in [0.15, 0.2) is 30.3 Å². The Morgan fingerprint density at radius 1 is 1.28 bits per heavy atom. The first-order valence-electron chi connectivity index (χ1n) is 5.97. The van der Waals surface area contributed by atoms with Gasteiger partial charge in [-0.2, -0.15) is 0 Å². The first-order chi connectivity index (χ1) is 8.81. The summed E-state index contributed by atoms with van der Waals surface area (Å²) in [6.45, 7) is 0.572. The molecule has 96 valence electrons. The average Bonchev–Trinajstić information content (AvgIpc) is 2.77. The van der Waals surface area contributed by atoms with Crippen molar-refractivity contribution in [2.45, 2.75) is 19.4 Å². The van der Waals surface area contributed by atoms with E-state index < -0.39 is 0 Å². The minimum Gasteiger partial charge on any atom is -0.494 e. The van der Waals surface area contributed by atoms with Gasteiger partial charge in [0, 0.05) is 7.05 Å². The molecule has 0 saturated heterocycles. The fourth-order valence-corrected chi connectivity index (χ4v) is 1.79. The molecule has 2 rings (SSSR count). The lowest BCUT2D eigenvalue weighted by Crippen LogP contribution is -2.05. The molecule has 0 aliphatic heterocycles. The number of hydrogen-bond acceptors (Lipinski definition) is 4. The summed E-state index contributed by atoms with van der Waals surface area (Å²) in [5, 5.41) is 16.9. The van der Waals surface area contributed by atoms with Crippen LogP contribution in [0.2, 0.25) is 0 Å². The largest absolute Gasteiger partial charge is 0.494 e. The van der Waals surface area contributed by atoms with E-state index in [4.69, 9.17) is 9.84 Å². The van der Waals surface area contributed by atoms with Crippen LogP contribution in [-0.4, -0.2) is 26.7 Å². The van der Waals surface area contributed by atoms with Crippen molar-refractivity contribution in [3.63, 3.8) is 0 Å². The first-order valence-corrected chi connectivity index (χ1v) is 5.97. The van der Waals surface area contributed by atoms with Gasteiger partial charge in [-0.05, 0) is 25.0 Å². The van der Waals surface area contributed by atoms with Gasteiger partial charge in [0.05, 0.1) is 18.9 Å². The SMILES string of the molecule is Cn1nnc(CO)c1CCCOc1ccccc1. The monoisotopic (exact) mass is 247 g/mol. The number of rotatable bonds is 6. The number of hydrogen-bond donors (Lipinski definition) is 1. The predicted octanol–water partition coefficient (Wildman–Crippen LogP) is 1.32. The molecule has 1 aromatic heterocycles. The zero-order chi connectivity index (χ0) is 12.8. The second-order valence-corrected chi connectivity index (χ2v) is 4.03. The minimum atomic E-state index is -0.0668. The molecule has 0 atom stereocenters. The number of para-hydroxylation sites is 1. The molecule has 0 spiro atoms. The van der Waals surface area contributed by atoms with E-state index in [0.717, 1.165) is 24.3 Å². The van der Waals surface area contributed by atoms with Gasteiger partial charge in [-0.3, -0.25) is 4.68 Å². The smallest absolute Gasteiger partial charge is 0.119 e. The third kappa shape index (κ3) is 3.07. The van der Waals surface area contributed by atoms with E-state index >= 15 is 0 Å². The van der Waals surface area contributed by atoms with Gasteiger partial charge >= 0.3 is 0 Å². The van der Waals surface area contributed by atoms with Crippen LogP contribution in [0.3, 0.4) is 0 Å². The summed E-state index contributed by atoms with van der Waals surface area (Å²) in [5.41, 5.74) is 1.62. The van der Waals surface area contributed by atoms with Crippen molar-refractivity contribution in [2.75, 3.05) is 6.61 Å². The zero-order valence-corrected chi connectivity index (χ0v) is 10.4. The molecule has 1 N–H and O–H groups in total. The van der Waals surface area contributed by atoms with E-state index in [1.54, 1.807) is 4.68 Å². The maximum atomic E-state index is 9.12. The molecule has 0 radical (unpaired) electrons.